The maximum atomic E-state index is 8.25. The molecule has 0 spiro atoms. The van der Waals surface area contributed by atoms with E-state index in [2.05, 4.69) is 13.8 Å². The van der Waals surface area contributed by atoms with Gasteiger partial charge in [0.1, 0.15) is 0 Å². The fourth-order valence-electron chi connectivity index (χ4n) is 0. The summed E-state index contributed by atoms with van der Waals surface area (Å²) in [6, 6.07) is 0. The summed E-state index contributed by atoms with van der Waals surface area (Å²) < 4.78 is 8.25. The zero-order chi connectivity index (χ0) is 14.2. The van der Waals surface area contributed by atoms with Gasteiger partial charge in [0.25, 0.3) is 0 Å². The van der Waals surface area contributed by atoms with Gasteiger partial charge in [-0.2, -0.15) is 0 Å². The van der Waals surface area contributed by atoms with E-state index in [1.165, 1.54) is 0 Å². The van der Waals surface area contributed by atoms with Gasteiger partial charge in [0, 0.05) is 13.1 Å². The molecule has 0 aromatic rings. The average Bonchev–Trinajstić information content (AvgIpc) is 2.33. The molecule has 0 aromatic carbocycles. The minimum absolute atomic E-state index is 0.0972. The maximum absolute atomic E-state index is 8.25. The van der Waals surface area contributed by atoms with Crippen molar-refractivity contribution < 1.29 is 33.9 Å². The predicted molar refractivity (Wildman–Crippen MR) is 61.8 cm³/mol. The summed E-state index contributed by atoms with van der Waals surface area (Å²) in [6.45, 7) is 8.47. The second-order valence-corrected chi connectivity index (χ2v) is 1.60. The van der Waals surface area contributed by atoms with Gasteiger partial charge in [-0.25, -0.2) is 0 Å². The van der Waals surface area contributed by atoms with Gasteiger partial charge in [-0.05, 0) is 0 Å². The number of aliphatic hydroxyl groups excluding tert-OH is 2. The standard InChI is InChI=1S/2C2H7NO.2C2H6N.O.Ti/c2*3-1-2-4;2*1-2-3;;/h2*4H,1-3H2;2*1-3H2;;/q;;2*-1;;+2. The van der Waals surface area contributed by atoms with Gasteiger partial charge in [0.05, 0.1) is 13.2 Å². The Labute approximate surface area is 110 Å². The predicted octanol–water partition coefficient (Wildman–Crippen LogP) is -2.69. The van der Waals surface area contributed by atoms with Crippen LogP contribution in [0.15, 0.2) is 0 Å². The molecule has 0 aliphatic heterocycles. The molecule has 0 unspecified atom stereocenters. The first kappa shape index (κ1) is 29.9. The third kappa shape index (κ3) is 486. The van der Waals surface area contributed by atoms with Crippen LogP contribution in [0.4, 0.5) is 0 Å². The third-order valence-corrected chi connectivity index (χ3v) is 0.258. The number of rotatable bonds is 2. The van der Waals surface area contributed by atoms with Gasteiger partial charge in [0.2, 0.25) is 0 Å². The van der Waals surface area contributed by atoms with Crippen molar-refractivity contribution in [2.75, 3.05) is 39.4 Å². The van der Waals surface area contributed by atoms with Gasteiger partial charge in [0.15, 0.2) is 0 Å². The molecule has 0 aliphatic carbocycles. The van der Waals surface area contributed by atoms with Crippen LogP contribution in [0, 0.1) is 13.8 Å². The Hall–Kier alpha value is 0.274. The van der Waals surface area contributed by atoms with Crippen LogP contribution in [-0.2, 0) is 23.7 Å². The van der Waals surface area contributed by atoms with Crippen LogP contribution in [0.2, 0.25) is 0 Å². The molecule has 7 nitrogen and oxygen atoms in total. The summed E-state index contributed by atoms with van der Waals surface area (Å²) in [7, 11) is 0. The fourth-order valence-corrected chi connectivity index (χ4v) is 0. The molecule has 100 valence electrons. The molecule has 0 saturated heterocycles. The molecular weight excluding hydrogens is 248 g/mol. The van der Waals surface area contributed by atoms with Crippen LogP contribution in [0.25, 0.3) is 0 Å². The molecule has 0 bridgehead atoms. The van der Waals surface area contributed by atoms with E-state index in [0.29, 0.717) is 26.2 Å². The molecule has 0 saturated carbocycles. The molecular formula is C8H26N4O3Ti. The van der Waals surface area contributed by atoms with E-state index in [1.54, 1.807) is 0 Å². The Morgan fingerprint density at radius 2 is 0.875 bits per heavy atom. The second-order valence-electron chi connectivity index (χ2n) is 1.60. The molecule has 0 radical (unpaired) electrons. The normalized spacial score (nSPS) is 6.38. The summed E-state index contributed by atoms with van der Waals surface area (Å²) in [5.41, 5.74) is 19.0. The molecule has 0 atom stereocenters. The Morgan fingerprint density at radius 1 is 0.812 bits per heavy atom. The first-order chi connectivity index (χ1) is 7.66. The third-order valence-electron chi connectivity index (χ3n) is 0.258. The van der Waals surface area contributed by atoms with Gasteiger partial charge in [-0.1, -0.05) is 0 Å². The van der Waals surface area contributed by atoms with Crippen LogP contribution in [0.5, 0.6) is 0 Å². The SMILES string of the molecule is NCCO.NCCO.[CH2-]CN.[CH2-]CN.[O]=[Ti+2]. The molecule has 0 aromatic heterocycles. The van der Waals surface area contributed by atoms with Crippen LogP contribution in [0.3, 0.4) is 0 Å². The molecule has 0 fully saturated rings. The van der Waals surface area contributed by atoms with E-state index < -0.39 is 0 Å². The first-order valence-electron chi connectivity index (χ1n) is 4.47. The Balaban J connectivity index is -0.0000000322. The summed E-state index contributed by atoms with van der Waals surface area (Å²) >= 11 is 0.750. The zero-order valence-corrected chi connectivity index (χ0v) is 11.3. The monoisotopic (exact) mass is 274 g/mol. The van der Waals surface area contributed by atoms with Crippen molar-refractivity contribution in [1.82, 2.24) is 0 Å². The molecule has 0 heterocycles. The minimum atomic E-state index is 0.0972. The van der Waals surface area contributed by atoms with Gasteiger partial charge in [-0.15, -0.1) is 13.1 Å². The Morgan fingerprint density at radius 3 is 0.875 bits per heavy atom. The second kappa shape index (κ2) is 79.1. The summed E-state index contributed by atoms with van der Waals surface area (Å²) in [6.07, 6.45) is 0. The van der Waals surface area contributed by atoms with E-state index >= 15 is 0 Å². The fraction of sp³-hybridized carbons (Fsp3) is 0.750. The van der Waals surface area contributed by atoms with Crippen LogP contribution in [0.1, 0.15) is 0 Å². The first-order valence-corrected chi connectivity index (χ1v) is 5.11. The van der Waals surface area contributed by atoms with E-state index in [1.807, 2.05) is 0 Å². The quantitative estimate of drug-likeness (QED) is 0.236. The van der Waals surface area contributed by atoms with E-state index in [-0.39, 0.29) is 13.2 Å². The van der Waals surface area contributed by atoms with Crippen molar-refractivity contribution in [3.8, 4) is 0 Å². The summed E-state index contributed by atoms with van der Waals surface area (Å²) in [5.74, 6) is 0. The van der Waals surface area contributed by atoms with E-state index in [0.717, 1.165) is 20.4 Å². The topological polar surface area (TPSA) is 162 Å². The van der Waals surface area contributed by atoms with Crippen molar-refractivity contribution in [2.24, 2.45) is 22.9 Å². The van der Waals surface area contributed by atoms with Crippen molar-refractivity contribution in [2.45, 2.75) is 0 Å². The summed E-state index contributed by atoms with van der Waals surface area (Å²) in [4.78, 5) is 0. The molecule has 10 N–H and O–H groups in total. The van der Waals surface area contributed by atoms with E-state index in [9.17, 15) is 0 Å². The number of hydrogen-bond donors (Lipinski definition) is 6. The van der Waals surface area contributed by atoms with Gasteiger partial charge in [-0.3, -0.25) is 0 Å². The molecule has 8 heteroatoms. The van der Waals surface area contributed by atoms with Crippen LogP contribution in [-0.4, -0.2) is 49.6 Å². The van der Waals surface area contributed by atoms with E-state index in [4.69, 9.17) is 36.5 Å². The number of hydrogen-bond acceptors (Lipinski definition) is 7. The van der Waals surface area contributed by atoms with Crippen molar-refractivity contribution in [3.63, 3.8) is 0 Å². The number of aliphatic hydroxyl groups is 2. The summed E-state index contributed by atoms with van der Waals surface area (Å²) in [5, 5.41) is 15.5. The van der Waals surface area contributed by atoms with Gasteiger partial charge < -0.3 is 47.0 Å². The van der Waals surface area contributed by atoms with Crippen LogP contribution >= 0.6 is 0 Å². The van der Waals surface area contributed by atoms with Crippen LogP contribution < -0.4 is 22.9 Å². The molecule has 0 amide bonds. The van der Waals surface area contributed by atoms with Crippen molar-refractivity contribution in [1.29, 1.82) is 0 Å². The molecule has 16 heavy (non-hydrogen) atoms. The number of nitrogens with two attached hydrogens (primary N) is 4. The van der Waals surface area contributed by atoms with Crippen molar-refractivity contribution >= 4 is 0 Å². The van der Waals surface area contributed by atoms with Gasteiger partial charge >= 0.3 is 23.7 Å². The Bertz CT molecular complexity index is 56.5. The molecule has 0 rings (SSSR count). The average molecular weight is 274 g/mol. The molecule has 0 aliphatic rings. The Kier molecular flexibility index (Phi) is 148. The zero-order valence-electron chi connectivity index (χ0n) is 9.77. The van der Waals surface area contributed by atoms with Crippen molar-refractivity contribution in [3.05, 3.63) is 13.8 Å².